The molecule has 0 bridgehead atoms. The van der Waals surface area contributed by atoms with Crippen LogP contribution in [0.1, 0.15) is 33.5 Å². The molecule has 0 spiro atoms. The van der Waals surface area contributed by atoms with E-state index >= 15 is 0 Å². The van der Waals surface area contributed by atoms with Crippen molar-refractivity contribution in [3.05, 3.63) is 95.1 Å². The van der Waals surface area contributed by atoms with E-state index in [0.717, 1.165) is 36.0 Å². The number of aromatic nitrogens is 4. The van der Waals surface area contributed by atoms with Gasteiger partial charge in [-0.1, -0.05) is 48.5 Å². The average molecular weight is 475 g/mol. The zero-order valence-corrected chi connectivity index (χ0v) is 19.0. The third-order valence-corrected chi connectivity index (χ3v) is 6.95. The summed E-state index contributed by atoms with van der Waals surface area (Å²) in [6.45, 7) is 0.382. The van der Waals surface area contributed by atoms with Gasteiger partial charge in [0.25, 0.3) is 15.9 Å². The summed E-state index contributed by atoms with van der Waals surface area (Å²) in [4.78, 5) is 16.3. The van der Waals surface area contributed by atoms with E-state index in [2.05, 4.69) is 25.7 Å². The van der Waals surface area contributed by atoms with Crippen LogP contribution in [-0.4, -0.2) is 34.5 Å². The number of hydrogen-bond acceptors (Lipinski definition) is 6. The molecule has 0 unspecified atom stereocenters. The van der Waals surface area contributed by atoms with Gasteiger partial charge in [-0.05, 0) is 65.4 Å². The van der Waals surface area contributed by atoms with Gasteiger partial charge in [-0.15, -0.1) is 15.0 Å². The van der Waals surface area contributed by atoms with Crippen LogP contribution in [0, 0.1) is 0 Å². The van der Waals surface area contributed by atoms with Crippen LogP contribution in [0.5, 0.6) is 0 Å². The van der Waals surface area contributed by atoms with Gasteiger partial charge in [0.2, 0.25) is 5.82 Å². The number of nitrogens with one attached hydrogen (secondary N) is 2. The number of sulfonamides is 1. The minimum atomic E-state index is -3.86. The van der Waals surface area contributed by atoms with E-state index in [-0.39, 0.29) is 4.90 Å². The molecule has 3 aromatic carbocycles. The van der Waals surface area contributed by atoms with Crippen LogP contribution >= 0.6 is 0 Å². The second-order valence-electron chi connectivity index (χ2n) is 8.05. The van der Waals surface area contributed by atoms with Crippen LogP contribution in [0.3, 0.4) is 0 Å². The maximum absolute atomic E-state index is 12.6. The van der Waals surface area contributed by atoms with E-state index in [0.29, 0.717) is 17.9 Å². The summed E-state index contributed by atoms with van der Waals surface area (Å²) >= 11 is 0. The second-order valence-corrected chi connectivity index (χ2v) is 9.73. The highest BCUT2D eigenvalue weighted by Gasteiger charge is 2.19. The summed E-state index contributed by atoms with van der Waals surface area (Å²) in [5, 5.41) is 12.5. The fourth-order valence-electron chi connectivity index (χ4n) is 3.90. The van der Waals surface area contributed by atoms with Crippen LogP contribution in [0.15, 0.2) is 77.7 Å². The number of aryl methyl sites for hydroxylation is 2. The Bertz CT molecular complexity index is 1430. The van der Waals surface area contributed by atoms with E-state index < -0.39 is 15.9 Å². The van der Waals surface area contributed by atoms with Crippen LogP contribution in [0.25, 0.3) is 11.4 Å². The van der Waals surface area contributed by atoms with Crippen molar-refractivity contribution in [1.29, 1.82) is 0 Å². The molecule has 0 atom stereocenters. The lowest BCUT2D eigenvalue weighted by Gasteiger charge is -2.10. The Labute approximate surface area is 196 Å². The molecule has 9 nitrogen and oxygen atoms in total. The maximum atomic E-state index is 12.6. The molecule has 4 aromatic rings. The monoisotopic (exact) mass is 474 g/mol. The van der Waals surface area contributed by atoms with Gasteiger partial charge in [0.1, 0.15) is 0 Å². The number of rotatable bonds is 7. The van der Waals surface area contributed by atoms with Crippen LogP contribution in [-0.2, 0) is 29.4 Å². The number of tetrazole rings is 1. The highest BCUT2D eigenvalue weighted by atomic mass is 32.2. The first-order valence-electron chi connectivity index (χ1n) is 10.8. The molecule has 0 saturated carbocycles. The smallest absolute Gasteiger partial charge is 0.266 e. The molecule has 2 N–H and O–H groups in total. The van der Waals surface area contributed by atoms with Gasteiger partial charge in [0, 0.05) is 11.1 Å². The zero-order chi connectivity index (χ0) is 23.5. The number of hydrazine groups is 1. The lowest BCUT2D eigenvalue weighted by Crippen LogP contribution is -2.41. The van der Waals surface area contributed by atoms with E-state index in [1.165, 1.54) is 10.4 Å². The van der Waals surface area contributed by atoms with Gasteiger partial charge < -0.3 is 0 Å². The highest BCUT2D eigenvalue weighted by molar-refractivity contribution is 7.89. The first kappa shape index (κ1) is 21.9. The molecule has 1 aliphatic rings. The number of fused-ring (bicyclic) bond motifs is 1. The lowest BCUT2D eigenvalue weighted by atomic mass is 10.1. The van der Waals surface area contributed by atoms with Gasteiger partial charge in [-0.3, -0.25) is 10.2 Å². The van der Waals surface area contributed by atoms with Crippen LogP contribution in [0.4, 0.5) is 0 Å². The Balaban J connectivity index is 1.20. The molecule has 0 radical (unpaired) electrons. The molecule has 10 heteroatoms. The molecule has 1 heterocycles. The van der Waals surface area contributed by atoms with E-state index in [4.69, 9.17) is 0 Å². The van der Waals surface area contributed by atoms with Crippen molar-refractivity contribution in [2.24, 2.45) is 0 Å². The quantitative estimate of drug-likeness (QED) is 0.397. The van der Waals surface area contributed by atoms with Gasteiger partial charge in [0.15, 0.2) is 0 Å². The van der Waals surface area contributed by atoms with Crippen molar-refractivity contribution < 1.29 is 13.2 Å². The Morgan fingerprint density at radius 1 is 0.941 bits per heavy atom. The first-order chi connectivity index (χ1) is 16.5. The predicted molar refractivity (Wildman–Crippen MR) is 125 cm³/mol. The van der Waals surface area contributed by atoms with Crippen molar-refractivity contribution in [2.45, 2.75) is 30.7 Å². The van der Waals surface area contributed by atoms with E-state index in [1.54, 1.807) is 36.4 Å². The van der Waals surface area contributed by atoms with Crippen LogP contribution in [0.2, 0.25) is 0 Å². The minimum absolute atomic E-state index is 0.138. The average Bonchev–Trinajstić information content (AvgIpc) is 3.53. The van der Waals surface area contributed by atoms with Crippen molar-refractivity contribution in [2.75, 3.05) is 0 Å². The van der Waals surface area contributed by atoms with Crippen molar-refractivity contribution in [3.63, 3.8) is 0 Å². The van der Waals surface area contributed by atoms with Gasteiger partial charge >= 0.3 is 0 Å². The largest absolute Gasteiger partial charge is 0.273 e. The summed E-state index contributed by atoms with van der Waals surface area (Å²) in [5.41, 5.74) is 6.57. The Kier molecular flexibility index (Phi) is 5.91. The fourth-order valence-corrected chi connectivity index (χ4v) is 4.79. The lowest BCUT2D eigenvalue weighted by molar-refractivity contribution is 0.0945. The molecule has 0 saturated heterocycles. The highest BCUT2D eigenvalue weighted by Crippen LogP contribution is 2.24. The number of carbonyl (C=O) groups is 1. The third kappa shape index (κ3) is 4.73. The molecular weight excluding hydrogens is 452 g/mol. The molecule has 0 aliphatic heterocycles. The minimum Gasteiger partial charge on any atom is -0.273 e. The number of nitrogens with zero attached hydrogens (tertiary/aromatic N) is 4. The molecule has 0 fully saturated rings. The molecule has 34 heavy (non-hydrogen) atoms. The zero-order valence-electron chi connectivity index (χ0n) is 18.2. The van der Waals surface area contributed by atoms with Gasteiger partial charge in [-0.2, -0.15) is 4.80 Å². The third-order valence-electron chi connectivity index (χ3n) is 5.70. The Morgan fingerprint density at radius 2 is 1.71 bits per heavy atom. The van der Waals surface area contributed by atoms with E-state index in [9.17, 15) is 13.2 Å². The van der Waals surface area contributed by atoms with Crippen LogP contribution < -0.4 is 10.3 Å². The van der Waals surface area contributed by atoms with E-state index in [1.807, 2.05) is 36.4 Å². The Hall–Kier alpha value is -3.89. The second kappa shape index (κ2) is 9.16. The molecule has 5 rings (SSSR count). The molecule has 1 amide bonds. The summed E-state index contributed by atoms with van der Waals surface area (Å²) in [6, 6.07) is 21.4. The normalized spacial score (nSPS) is 12.9. The topological polar surface area (TPSA) is 119 Å². The van der Waals surface area contributed by atoms with Crippen molar-refractivity contribution >= 4 is 15.9 Å². The number of carbonyl (C=O) groups excluding carboxylic acids is 1. The molecule has 1 aromatic heterocycles. The first-order valence-corrected chi connectivity index (χ1v) is 12.3. The summed E-state index contributed by atoms with van der Waals surface area (Å²) in [5.74, 6) is -0.0196. The molecule has 172 valence electrons. The maximum Gasteiger partial charge on any atom is 0.266 e. The van der Waals surface area contributed by atoms with Crippen molar-refractivity contribution in [1.82, 2.24) is 30.5 Å². The standard InChI is InChI=1S/C24H22N6O3S/c31-24(26-29-34(32,33)22-14-13-18-7-4-8-21(18)15-22)20-11-9-17(10-12-20)16-30-27-23(25-28-30)19-5-2-1-3-6-19/h1-3,5-6,9-15,29H,4,7-8,16H2,(H,26,31). The summed E-state index contributed by atoms with van der Waals surface area (Å²) in [7, 11) is -3.86. The van der Waals surface area contributed by atoms with Gasteiger partial charge in [-0.25, -0.2) is 8.42 Å². The Morgan fingerprint density at radius 3 is 2.50 bits per heavy atom. The number of amides is 1. The molecule has 1 aliphatic carbocycles. The predicted octanol–water partition coefficient (Wildman–Crippen LogP) is 2.50. The SMILES string of the molecule is O=C(NNS(=O)(=O)c1ccc2c(c1)CCC2)c1ccc(Cn2nnc(-c3ccccc3)n2)cc1. The van der Waals surface area contributed by atoms with Crippen molar-refractivity contribution in [3.8, 4) is 11.4 Å². The fraction of sp³-hybridized carbons (Fsp3) is 0.167. The summed E-state index contributed by atoms with van der Waals surface area (Å²) in [6.07, 6.45) is 2.87. The molecular formula is C24H22N6O3S. The number of benzene rings is 3. The van der Waals surface area contributed by atoms with Gasteiger partial charge in [0.05, 0.1) is 11.4 Å². The summed E-state index contributed by atoms with van der Waals surface area (Å²) < 4.78 is 25.2. The number of hydrogen-bond donors (Lipinski definition) is 2.